The van der Waals surface area contributed by atoms with Crippen LogP contribution in [0.25, 0.3) is 0 Å². The van der Waals surface area contributed by atoms with Crippen molar-refractivity contribution in [3.63, 3.8) is 0 Å². The molecule has 18 heavy (non-hydrogen) atoms. The predicted molar refractivity (Wildman–Crippen MR) is 78.9 cm³/mol. The van der Waals surface area contributed by atoms with Crippen LogP contribution in [0, 0.1) is 10.8 Å². The van der Waals surface area contributed by atoms with E-state index in [1.165, 1.54) is 25.7 Å². The van der Waals surface area contributed by atoms with E-state index < -0.39 is 0 Å². The van der Waals surface area contributed by atoms with Crippen molar-refractivity contribution >= 4 is 18.3 Å². The molecule has 1 amide bonds. The highest BCUT2D eigenvalue weighted by Gasteiger charge is 2.43. The number of nitrogens with one attached hydrogen (secondary N) is 1. The van der Waals surface area contributed by atoms with Crippen molar-refractivity contribution in [1.82, 2.24) is 5.32 Å². The van der Waals surface area contributed by atoms with Gasteiger partial charge >= 0.3 is 0 Å². The van der Waals surface area contributed by atoms with Gasteiger partial charge in [0.1, 0.15) is 0 Å². The maximum atomic E-state index is 12.2. The average Bonchev–Trinajstić information content (AvgIpc) is 3.10. The molecule has 0 aromatic heterocycles. The summed E-state index contributed by atoms with van der Waals surface area (Å²) in [6.45, 7) is 7.61. The van der Waals surface area contributed by atoms with Crippen LogP contribution in [0.1, 0.15) is 59.3 Å². The first kappa shape index (κ1) is 17.7. The van der Waals surface area contributed by atoms with E-state index in [1.807, 2.05) is 0 Å². The van der Waals surface area contributed by atoms with Crippen LogP contribution >= 0.6 is 12.4 Å². The van der Waals surface area contributed by atoms with Crippen LogP contribution in [0.2, 0.25) is 0 Å². The number of rotatable bonds is 8. The van der Waals surface area contributed by atoms with E-state index in [4.69, 9.17) is 5.73 Å². The third-order valence-corrected chi connectivity index (χ3v) is 4.59. The molecule has 0 saturated heterocycles. The molecule has 1 aliphatic carbocycles. The van der Waals surface area contributed by atoms with E-state index >= 15 is 0 Å². The van der Waals surface area contributed by atoms with Gasteiger partial charge in [-0.05, 0) is 37.5 Å². The molecular weight excluding hydrogens is 248 g/mol. The number of nitrogens with two attached hydrogens (primary N) is 1. The van der Waals surface area contributed by atoms with Gasteiger partial charge in [0.25, 0.3) is 0 Å². The maximum absolute atomic E-state index is 12.2. The Bertz CT molecular complexity index is 252. The molecule has 4 heteroatoms. The van der Waals surface area contributed by atoms with Crippen LogP contribution in [0.15, 0.2) is 0 Å². The SMILES string of the molecule is CCCC1(CNC(=O)C(CC)(CC)CN)CC1.Cl. The number of halogens is 1. The van der Waals surface area contributed by atoms with Crippen LogP contribution in [0.3, 0.4) is 0 Å². The van der Waals surface area contributed by atoms with E-state index in [2.05, 4.69) is 26.1 Å². The molecule has 1 aliphatic rings. The Labute approximate surface area is 118 Å². The van der Waals surface area contributed by atoms with Gasteiger partial charge in [-0.1, -0.05) is 27.2 Å². The summed E-state index contributed by atoms with van der Waals surface area (Å²) in [6.07, 6.45) is 6.64. The fourth-order valence-electron chi connectivity index (χ4n) is 2.63. The Balaban J connectivity index is 0.00000289. The van der Waals surface area contributed by atoms with Crippen molar-refractivity contribution in [3.8, 4) is 0 Å². The minimum atomic E-state index is -0.345. The molecule has 3 N–H and O–H groups in total. The molecule has 1 fully saturated rings. The van der Waals surface area contributed by atoms with Gasteiger partial charge in [0.15, 0.2) is 0 Å². The van der Waals surface area contributed by atoms with Crippen molar-refractivity contribution < 1.29 is 4.79 Å². The molecule has 108 valence electrons. The molecular formula is C14H29ClN2O. The van der Waals surface area contributed by atoms with Crippen molar-refractivity contribution in [1.29, 1.82) is 0 Å². The topological polar surface area (TPSA) is 55.1 Å². The monoisotopic (exact) mass is 276 g/mol. The van der Waals surface area contributed by atoms with Gasteiger partial charge < -0.3 is 11.1 Å². The standard InChI is InChI=1S/C14H28N2O.ClH/c1-4-7-13(8-9-13)11-16-12(17)14(5-2,6-3)10-15;/h4-11,15H2,1-3H3,(H,16,17);1H. The summed E-state index contributed by atoms with van der Waals surface area (Å²) in [7, 11) is 0. The van der Waals surface area contributed by atoms with Gasteiger partial charge in [-0.25, -0.2) is 0 Å². The molecule has 0 radical (unpaired) electrons. The van der Waals surface area contributed by atoms with Gasteiger partial charge in [-0.15, -0.1) is 12.4 Å². The zero-order valence-corrected chi connectivity index (χ0v) is 12.9. The number of hydrogen-bond acceptors (Lipinski definition) is 2. The van der Waals surface area contributed by atoms with Crippen LogP contribution in [-0.2, 0) is 4.79 Å². The summed E-state index contributed by atoms with van der Waals surface area (Å²) < 4.78 is 0. The molecule has 0 heterocycles. The number of carbonyl (C=O) groups is 1. The average molecular weight is 277 g/mol. The molecule has 3 nitrogen and oxygen atoms in total. The lowest BCUT2D eigenvalue weighted by Crippen LogP contribution is -2.46. The lowest BCUT2D eigenvalue weighted by Gasteiger charge is -2.29. The van der Waals surface area contributed by atoms with Gasteiger partial charge in [-0.3, -0.25) is 4.79 Å². The van der Waals surface area contributed by atoms with Crippen LogP contribution in [0.5, 0.6) is 0 Å². The Morgan fingerprint density at radius 3 is 2.17 bits per heavy atom. The highest BCUT2D eigenvalue weighted by atomic mass is 35.5. The third-order valence-electron chi connectivity index (χ3n) is 4.59. The number of carbonyl (C=O) groups excluding carboxylic acids is 1. The first-order chi connectivity index (χ1) is 8.08. The van der Waals surface area contributed by atoms with E-state index in [0.717, 1.165) is 19.4 Å². The lowest BCUT2D eigenvalue weighted by atomic mass is 9.81. The largest absolute Gasteiger partial charge is 0.355 e. The molecule has 0 atom stereocenters. The minimum Gasteiger partial charge on any atom is -0.355 e. The van der Waals surface area contributed by atoms with E-state index in [0.29, 0.717) is 12.0 Å². The summed E-state index contributed by atoms with van der Waals surface area (Å²) in [4.78, 5) is 12.2. The van der Waals surface area contributed by atoms with Gasteiger partial charge in [0.2, 0.25) is 5.91 Å². The molecule has 0 aromatic rings. The lowest BCUT2D eigenvalue weighted by molar-refractivity contribution is -0.131. The molecule has 1 rings (SSSR count). The zero-order chi connectivity index (χ0) is 12.9. The Morgan fingerprint density at radius 2 is 1.83 bits per heavy atom. The summed E-state index contributed by atoms with van der Waals surface area (Å²) in [5, 5.41) is 3.14. The predicted octanol–water partition coefficient (Wildman–Crippen LogP) is 2.87. The fraction of sp³-hybridized carbons (Fsp3) is 0.929. The molecule has 0 bridgehead atoms. The summed E-state index contributed by atoms with van der Waals surface area (Å²) in [5.74, 6) is 0.160. The first-order valence-corrected chi connectivity index (χ1v) is 7.06. The molecule has 0 unspecified atom stereocenters. The molecule has 0 aromatic carbocycles. The third kappa shape index (κ3) is 3.86. The molecule has 0 spiro atoms. The quantitative estimate of drug-likeness (QED) is 0.716. The second-order valence-electron chi connectivity index (χ2n) is 5.62. The van der Waals surface area contributed by atoms with E-state index in [1.54, 1.807) is 0 Å². The van der Waals surface area contributed by atoms with Gasteiger partial charge in [0.05, 0.1) is 5.41 Å². The highest BCUT2D eigenvalue weighted by Crippen LogP contribution is 2.49. The van der Waals surface area contributed by atoms with E-state index in [9.17, 15) is 4.79 Å². The van der Waals surface area contributed by atoms with Crippen molar-refractivity contribution in [3.05, 3.63) is 0 Å². The second kappa shape index (κ2) is 7.34. The first-order valence-electron chi connectivity index (χ1n) is 7.06. The summed E-state index contributed by atoms with van der Waals surface area (Å²) in [6, 6.07) is 0. The number of amides is 1. The summed E-state index contributed by atoms with van der Waals surface area (Å²) in [5.41, 5.74) is 5.86. The van der Waals surface area contributed by atoms with Crippen molar-refractivity contribution in [2.24, 2.45) is 16.6 Å². The van der Waals surface area contributed by atoms with E-state index in [-0.39, 0.29) is 23.7 Å². The van der Waals surface area contributed by atoms with Gasteiger partial charge in [-0.2, -0.15) is 0 Å². The van der Waals surface area contributed by atoms with Gasteiger partial charge in [0, 0.05) is 13.1 Å². The second-order valence-corrected chi connectivity index (χ2v) is 5.62. The highest BCUT2D eigenvalue weighted by molar-refractivity contribution is 5.85. The smallest absolute Gasteiger partial charge is 0.227 e. The summed E-state index contributed by atoms with van der Waals surface area (Å²) >= 11 is 0. The molecule has 0 aliphatic heterocycles. The number of hydrogen-bond donors (Lipinski definition) is 2. The normalized spacial score (nSPS) is 16.9. The van der Waals surface area contributed by atoms with Crippen molar-refractivity contribution in [2.45, 2.75) is 59.3 Å². The van der Waals surface area contributed by atoms with Crippen LogP contribution in [-0.4, -0.2) is 19.0 Å². The Hall–Kier alpha value is -0.280. The Kier molecular flexibility index (Phi) is 7.23. The van der Waals surface area contributed by atoms with Crippen LogP contribution < -0.4 is 11.1 Å². The fourth-order valence-corrected chi connectivity index (χ4v) is 2.63. The minimum absolute atomic E-state index is 0. The zero-order valence-electron chi connectivity index (χ0n) is 12.1. The van der Waals surface area contributed by atoms with Crippen molar-refractivity contribution in [2.75, 3.05) is 13.1 Å². The van der Waals surface area contributed by atoms with Crippen LogP contribution in [0.4, 0.5) is 0 Å². The molecule has 1 saturated carbocycles. The maximum Gasteiger partial charge on any atom is 0.227 e. The Morgan fingerprint density at radius 1 is 1.28 bits per heavy atom.